The monoisotopic (exact) mass is 307 g/mol. The second-order valence-corrected chi connectivity index (χ2v) is 5.80. The van der Waals surface area contributed by atoms with Gasteiger partial charge in [0.15, 0.2) is 11.6 Å². The van der Waals surface area contributed by atoms with Crippen molar-refractivity contribution in [2.45, 2.75) is 32.8 Å². The van der Waals surface area contributed by atoms with Crippen LogP contribution in [0.2, 0.25) is 0 Å². The molecule has 0 fully saturated rings. The fourth-order valence-electron chi connectivity index (χ4n) is 2.60. The number of aryl methyl sites for hydroxylation is 3. The van der Waals surface area contributed by atoms with E-state index in [0.29, 0.717) is 5.82 Å². The summed E-state index contributed by atoms with van der Waals surface area (Å²) in [4.78, 5) is 4.53. The minimum Gasteiger partial charge on any atom is -0.385 e. The zero-order chi connectivity index (χ0) is 16.2. The molecule has 0 unspecified atom stereocenters. The first kappa shape index (κ1) is 15.4. The molecule has 3 aromatic rings. The zero-order valence-corrected chi connectivity index (χ0v) is 13.5. The van der Waals surface area contributed by atoms with Crippen LogP contribution in [-0.4, -0.2) is 19.9 Å². The summed E-state index contributed by atoms with van der Waals surface area (Å²) in [5.41, 5.74) is 3.35. The van der Waals surface area contributed by atoms with Gasteiger partial charge in [-0.25, -0.2) is 9.67 Å². The molecule has 23 heavy (non-hydrogen) atoms. The molecular weight excluding hydrogens is 286 g/mol. The van der Waals surface area contributed by atoms with Crippen LogP contribution >= 0.6 is 0 Å². The smallest absolute Gasteiger partial charge is 0.160 e. The summed E-state index contributed by atoms with van der Waals surface area (Å²) in [6, 6.07) is 18.3. The third-order valence-electron chi connectivity index (χ3n) is 3.78. The second-order valence-electron chi connectivity index (χ2n) is 5.80. The van der Waals surface area contributed by atoms with Crippen molar-refractivity contribution in [3.05, 3.63) is 77.4 Å². The number of hydrogen-bond acceptors (Lipinski definition) is 3. The lowest BCUT2D eigenvalue weighted by atomic mass is 10.1. The molecule has 0 amide bonds. The molecular formula is C19H21N3O. The highest BCUT2D eigenvalue weighted by atomic mass is 16.3. The van der Waals surface area contributed by atoms with E-state index < -0.39 is 6.10 Å². The predicted octanol–water partition coefficient (Wildman–Crippen LogP) is 3.41. The molecule has 1 atom stereocenters. The Kier molecular flexibility index (Phi) is 4.53. The highest BCUT2D eigenvalue weighted by Crippen LogP contribution is 2.17. The summed E-state index contributed by atoms with van der Waals surface area (Å²) in [7, 11) is 0. The van der Waals surface area contributed by atoms with Gasteiger partial charge in [-0.05, 0) is 43.5 Å². The highest BCUT2D eigenvalue weighted by Gasteiger charge is 2.15. The molecule has 1 aromatic heterocycles. The van der Waals surface area contributed by atoms with E-state index in [2.05, 4.69) is 22.2 Å². The van der Waals surface area contributed by atoms with E-state index >= 15 is 0 Å². The molecule has 2 aromatic carbocycles. The normalized spacial score (nSPS) is 12.3. The molecule has 118 valence electrons. The number of aliphatic hydroxyl groups is 1. The van der Waals surface area contributed by atoms with E-state index in [1.807, 2.05) is 49.4 Å². The average molecular weight is 307 g/mol. The van der Waals surface area contributed by atoms with Crippen molar-refractivity contribution >= 4 is 0 Å². The Morgan fingerprint density at radius 1 is 1.04 bits per heavy atom. The number of nitrogens with zero attached hydrogens (tertiary/aromatic N) is 3. The molecule has 0 aliphatic rings. The fraction of sp³-hybridized carbons (Fsp3) is 0.263. The summed E-state index contributed by atoms with van der Waals surface area (Å²) in [5, 5.41) is 14.6. The van der Waals surface area contributed by atoms with Crippen molar-refractivity contribution in [1.29, 1.82) is 0 Å². The van der Waals surface area contributed by atoms with Crippen LogP contribution in [0, 0.1) is 6.92 Å². The van der Waals surface area contributed by atoms with Gasteiger partial charge in [0.2, 0.25) is 0 Å². The van der Waals surface area contributed by atoms with Gasteiger partial charge in [-0.3, -0.25) is 0 Å². The number of benzene rings is 2. The Morgan fingerprint density at radius 3 is 2.52 bits per heavy atom. The Balaban J connectivity index is 1.87. The van der Waals surface area contributed by atoms with Gasteiger partial charge in [0, 0.05) is 6.42 Å². The topological polar surface area (TPSA) is 50.9 Å². The lowest BCUT2D eigenvalue weighted by Crippen LogP contribution is -2.06. The van der Waals surface area contributed by atoms with Crippen LogP contribution in [0.25, 0.3) is 5.69 Å². The summed E-state index contributed by atoms with van der Waals surface area (Å²) in [5.74, 6) is 1.34. The lowest BCUT2D eigenvalue weighted by molar-refractivity contribution is 0.186. The maximum absolute atomic E-state index is 10.0. The zero-order valence-electron chi connectivity index (χ0n) is 13.5. The number of aliphatic hydroxyl groups excluding tert-OH is 1. The lowest BCUT2D eigenvalue weighted by Gasteiger charge is -2.08. The SMILES string of the molecule is Cc1cccc(-n2nc(CCc3ccccc3)nc2[C@H](C)O)c1. The van der Waals surface area contributed by atoms with Gasteiger partial charge in [-0.2, -0.15) is 5.10 Å². The minimum atomic E-state index is -0.659. The molecule has 0 spiro atoms. The van der Waals surface area contributed by atoms with Crippen LogP contribution in [0.3, 0.4) is 0 Å². The molecule has 0 saturated carbocycles. The molecule has 4 heteroatoms. The quantitative estimate of drug-likeness (QED) is 0.786. The first-order chi connectivity index (χ1) is 11.1. The fourth-order valence-corrected chi connectivity index (χ4v) is 2.60. The molecule has 4 nitrogen and oxygen atoms in total. The van der Waals surface area contributed by atoms with Gasteiger partial charge in [-0.1, -0.05) is 42.5 Å². The van der Waals surface area contributed by atoms with Crippen molar-refractivity contribution in [2.75, 3.05) is 0 Å². The van der Waals surface area contributed by atoms with Crippen LogP contribution in [0.5, 0.6) is 0 Å². The van der Waals surface area contributed by atoms with E-state index in [1.54, 1.807) is 11.6 Å². The third kappa shape index (κ3) is 3.66. The summed E-state index contributed by atoms with van der Waals surface area (Å²) < 4.78 is 1.75. The number of aromatic nitrogens is 3. The number of rotatable bonds is 5. The molecule has 0 saturated heterocycles. The van der Waals surface area contributed by atoms with E-state index in [0.717, 1.165) is 29.9 Å². The number of hydrogen-bond donors (Lipinski definition) is 1. The molecule has 1 heterocycles. The molecule has 0 radical (unpaired) electrons. The minimum absolute atomic E-state index is 0.582. The maximum atomic E-state index is 10.0. The average Bonchev–Trinajstić information content (AvgIpc) is 2.98. The maximum Gasteiger partial charge on any atom is 0.160 e. The first-order valence-electron chi connectivity index (χ1n) is 7.88. The molecule has 1 N–H and O–H groups in total. The van der Waals surface area contributed by atoms with Crippen molar-refractivity contribution in [3.63, 3.8) is 0 Å². The Bertz CT molecular complexity index is 778. The van der Waals surface area contributed by atoms with Crippen LogP contribution in [0.1, 0.15) is 35.8 Å². The highest BCUT2D eigenvalue weighted by molar-refractivity contribution is 5.35. The van der Waals surface area contributed by atoms with Crippen LogP contribution < -0.4 is 0 Å². The van der Waals surface area contributed by atoms with Crippen molar-refractivity contribution < 1.29 is 5.11 Å². The van der Waals surface area contributed by atoms with Gasteiger partial charge in [0.25, 0.3) is 0 Å². The standard InChI is InChI=1S/C19H21N3O/c1-14-7-6-10-17(13-14)22-19(15(2)23)20-18(21-22)12-11-16-8-4-3-5-9-16/h3-10,13,15,23H,11-12H2,1-2H3/t15-/m0/s1. The van der Waals surface area contributed by atoms with Crippen molar-refractivity contribution in [1.82, 2.24) is 14.8 Å². The Labute approximate surface area is 136 Å². The largest absolute Gasteiger partial charge is 0.385 e. The van der Waals surface area contributed by atoms with Gasteiger partial charge in [-0.15, -0.1) is 0 Å². The van der Waals surface area contributed by atoms with Gasteiger partial charge in [0.1, 0.15) is 6.10 Å². The predicted molar refractivity (Wildman–Crippen MR) is 90.6 cm³/mol. The molecule has 0 bridgehead atoms. The summed E-state index contributed by atoms with van der Waals surface area (Å²) in [6.45, 7) is 3.76. The van der Waals surface area contributed by atoms with Crippen LogP contribution in [0.4, 0.5) is 0 Å². The van der Waals surface area contributed by atoms with E-state index in [4.69, 9.17) is 0 Å². The Morgan fingerprint density at radius 2 is 1.83 bits per heavy atom. The first-order valence-corrected chi connectivity index (χ1v) is 7.88. The third-order valence-corrected chi connectivity index (χ3v) is 3.78. The van der Waals surface area contributed by atoms with E-state index in [1.165, 1.54) is 5.56 Å². The van der Waals surface area contributed by atoms with Gasteiger partial charge >= 0.3 is 0 Å². The Hall–Kier alpha value is -2.46. The molecule has 0 aliphatic carbocycles. The van der Waals surface area contributed by atoms with Crippen molar-refractivity contribution in [2.24, 2.45) is 0 Å². The van der Waals surface area contributed by atoms with E-state index in [9.17, 15) is 5.11 Å². The molecule has 3 rings (SSSR count). The summed E-state index contributed by atoms with van der Waals surface area (Å²) in [6.07, 6.45) is 0.981. The van der Waals surface area contributed by atoms with Crippen LogP contribution in [-0.2, 0) is 12.8 Å². The summed E-state index contributed by atoms with van der Waals surface area (Å²) >= 11 is 0. The molecule has 0 aliphatic heterocycles. The van der Waals surface area contributed by atoms with Crippen molar-refractivity contribution in [3.8, 4) is 5.69 Å². The van der Waals surface area contributed by atoms with E-state index in [-0.39, 0.29) is 0 Å². The van der Waals surface area contributed by atoms with Gasteiger partial charge < -0.3 is 5.11 Å². The van der Waals surface area contributed by atoms with Crippen LogP contribution in [0.15, 0.2) is 54.6 Å². The second kappa shape index (κ2) is 6.75. The van der Waals surface area contributed by atoms with Gasteiger partial charge in [0.05, 0.1) is 5.69 Å².